The lowest BCUT2D eigenvalue weighted by atomic mass is 10.4. The van der Waals surface area contributed by atoms with Crippen molar-refractivity contribution in [1.82, 2.24) is 4.31 Å². The van der Waals surface area contributed by atoms with Crippen LogP contribution in [0.1, 0.15) is 13.3 Å². The predicted molar refractivity (Wildman–Crippen MR) is 70.8 cm³/mol. The summed E-state index contributed by atoms with van der Waals surface area (Å²) < 4.78 is 26.0. The molecule has 0 unspecified atom stereocenters. The Hall–Kier alpha value is -0.920. The summed E-state index contributed by atoms with van der Waals surface area (Å²) in [5.41, 5.74) is 0. The van der Waals surface area contributed by atoms with Crippen molar-refractivity contribution < 1.29 is 18.3 Å². The summed E-state index contributed by atoms with van der Waals surface area (Å²) in [7, 11) is -3.78. The summed E-state index contributed by atoms with van der Waals surface area (Å²) in [5.74, 6) is -1.17. The first kappa shape index (κ1) is 15.1. The van der Waals surface area contributed by atoms with Gasteiger partial charge in [-0.1, -0.05) is 19.1 Å². The van der Waals surface area contributed by atoms with E-state index in [0.29, 0.717) is 10.9 Å². The molecule has 0 bridgehead atoms. The average Bonchev–Trinajstić information content (AvgIpc) is 2.28. The zero-order chi connectivity index (χ0) is 13.8. The van der Waals surface area contributed by atoms with Gasteiger partial charge in [0, 0.05) is 11.0 Å². The summed E-state index contributed by atoms with van der Waals surface area (Å²) in [5, 5.41) is 8.77. The maximum absolute atomic E-state index is 12.3. The highest BCUT2D eigenvalue weighted by Crippen LogP contribution is 2.24. The van der Waals surface area contributed by atoms with Gasteiger partial charge in [-0.2, -0.15) is 4.31 Å². The summed E-state index contributed by atoms with van der Waals surface area (Å²) in [6.45, 7) is 1.44. The Kier molecular flexibility index (Phi) is 5.30. The zero-order valence-electron chi connectivity index (χ0n) is 9.84. The second kappa shape index (κ2) is 6.31. The lowest BCUT2D eigenvalue weighted by molar-refractivity contribution is -0.137. The fourth-order valence-corrected chi connectivity index (χ4v) is 3.92. The van der Waals surface area contributed by atoms with E-state index in [1.165, 1.54) is 6.07 Å². The predicted octanol–water partition coefficient (Wildman–Crippen LogP) is 1.93. The summed E-state index contributed by atoms with van der Waals surface area (Å²) in [4.78, 5) is 10.8. The normalized spacial score (nSPS) is 11.7. The number of benzene rings is 1. The van der Waals surface area contributed by atoms with Gasteiger partial charge in [-0.25, -0.2) is 8.42 Å². The lowest BCUT2D eigenvalue weighted by Crippen LogP contribution is -2.36. The zero-order valence-corrected chi connectivity index (χ0v) is 12.2. The molecule has 100 valence electrons. The minimum Gasteiger partial charge on any atom is -0.480 e. The third-order valence-electron chi connectivity index (χ3n) is 2.24. The van der Waals surface area contributed by atoms with E-state index in [4.69, 9.17) is 5.11 Å². The Bertz CT molecular complexity index is 530. The van der Waals surface area contributed by atoms with Crippen molar-refractivity contribution >= 4 is 31.9 Å². The molecule has 0 radical (unpaired) electrons. The first-order valence-corrected chi connectivity index (χ1v) is 7.59. The highest BCUT2D eigenvalue weighted by Gasteiger charge is 2.27. The van der Waals surface area contributed by atoms with E-state index in [1.54, 1.807) is 25.1 Å². The van der Waals surface area contributed by atoms with Crippen molar-refractivity contribution in [2.24, 2.45) is 0 Å². The number of rotatable bonds is 6. The molecule has 0 saturated carbocycles. The van der Waals surface area contributed by atoms with Crippen molar-refractivity contribution in [1.29, 1.82) is 0 Å². The molecular weight excluding hydrogens is 322 g/mol. The number of nitrogens with zero attached hydrogens (tertiary/aromatic N) is 1. The van der Waals surface area contributed by atoms with E-state index in [-0.39, 0.29) is 11.4 Å². The molecule has 5 nitrogen and oxygen atoms in total. The standard InChI is InChI=1S/C11H14BrNO4S/c1-2-7-13(8-11(14)15)18(16,17)10-6-4-3-5-9(10)12/h3-6H,2,7-8H2,1H3,(H,14,15). The molecule has 1 aromatic carbocycles. The molecular formula is C11H14BrNO4S. The SMILES string of the molecule is CCCN(CC(=O)O)S(=O)(=O)c1ccccc1Br. The van der Waals surface area contributed by atoms with E-state index < -0.39 is 22.5 Å². The monoisotopic (exact) mass is 335 g/mol. The van der Waals surface area contributed by atoms with Crippen molar-refractivity contribution in [2.75, 3.05) is 13.1 Å². The van der Waals surface area contributed by atoms with Gasteiger partial charge in [0.1, 0.15) is 6.54 Å². The number of hydrogen-bond acceptors (Lipinski definition) is 3. The van der Waals surface area contributed by atoms with Crippen LogP contribution < -0.4 is 0 Å². The van der Waals surface area contributed by atoms with Gasteiger partial charge in [-0.05, 0) is 34.5 Å². The average molecular weight is 336 g/mol. The van der Waals surface area contributed by atoms with Crippen molar-refractivity contribution in [3.05, 3.63) is 28.7 Å². The number of hydrogen-bond donors (Lipinski definition) is 1. The van der Waals surface area contributed by atoms with Crippen LogP contribution in [0.5, 0.6) is 0 Å². The third kappa shape index (κ3) is 3.54. The molecule has 0 saturated heterocycles. The molecule has 0 aliphatic rings. The third-order valence-corrected chi connectivity index (χ3v) is 5.10. The van der Waals surface area contributed by atoms with E-state index in [9.17, 15) is 13.2 Å². The Morgan fingerprint density at radius 2 is 2.00 bits per heavy atom. The van der Waals surface area contributed by atoms with Crippen molar-refractivity contribution in [2.45, 2.75) is 18.2 Å². The Balaban J connectivity index is 3.17. The van der Waals surface area contributed by atoms with E-state index in [2.05, 4.69) is 15.9 Å². The van der Waals surface area contributed by atoms with Gasteiger partial charge in [0.05, 0.1) is 4.90 Å². The molecule has 0 fully saturated rings. The quantitative estimate of drug-likeness (QED) is 0.861. The fraction of sp³-hybridized carbons (Fsp3) is 0.364. The Morgan fingerprint density at radius 1 is 1.39 bits per heavy atom. The van der Waals surface area contributed by atoms with Crippen LogP contribution in [0, 0.1) is 0 Å². The van der Waals surface area contributed by atoms with Gasteiger partial charge in [0.2, 0.25) is 10.0 Å². The Morgan fingerprint density at radius 3 is 2.50 bits per heavy atom. The molecule has 0 aromatic heterocycles. The molecule has 1 aromatic rings. The molecule has 0 heterocycles. The number of halogens is 1. The topological polar surface area (TPSA) is 74.7 Å². The van der Waals surface area contributed by atoms with Crippen LogP contribution in [0.3, 0.4) is 0 Å². The van der Waals surface area contributed by atoms with Crippen LogP contribution >= 0.6 is 15.9 Å². The van der Waals surface area contributed by atoms with Crippen LogP contribution in [-0.4, -0.2) is 36.9 Å². The van der Waals surface area contributed by atoms with Crippen molar-refractivity contribution in [3.8, 4) is 0 Å². The van der Waals surface area contributed by atoms with Gasteiger partial charge >= 0.3 is 5.97 Å². The van der Waals surface area contributed by atoms with Gasteiger partial charge in [-0.15, -0.1) is 0 Å². The fourth-order valence-electron chi connectivity index (χ4n) is 1.48. The maximum Gasteiger partial charge on any atom is 0.318 e. The second-order valence-corrected chi connectivity index (χ2v) is 6.42. The molecule has 0 atom stereocenters. The number of aliphatic carboxylic acids is 1. The lowest BCUT2D eigenvalue weighted by Gasteiger charge is -2.20. The number of carboxylic acids is 1. The summed E-state index contributed by atoms with van der Waals surface area (Å²) in [6.07, 6.45) is 0.553. The van der Waals surface area contributed by atoms with Gasteiger partial charge in [0.15, 0.2) is 0 Å². The molecule has 0 aliphatic carbocycles. The van der Waals surface area contributed by atoms with E-state index >= 15 is 0 Å². The first-order chi connectivity index (χ1) is 8.39. The first-order valence-electron chi connectivity index (χ1n) is 5.36. The molecule has 7 heteroatoms. The molecule has 0 aliphatic heterocycles. The summed E-state index contributed by atoms with van der Waals surface area (Å²) >= 11 is 3.16. The molecule has 0 spiro atoms. The molecule has 0 amide bonds. The summed E-state index contributed by atoms with van der Waals surface area (Å²) in [6, 6.07) is 6.36. The van der Waals surface area contributed by atoms with Crippen LogP contribution in [0.2, 0.25) is 0 Å². The molecule has 18 heavy (non-hydrogen) atoms. The molecule has 1 N–H and O–H groups in total. The number of sulfonamides is 1. The van der Waals surface area contributed by atoms with Crippen LogP contribution in [0.15, 0.2) is 33.6 Å². The van der Waals surface area contributed by atoms with E-state index in [1.807, 2.05) is 0 Å². The van der Waals surface area contributed by atoms with Gasteiger partial charge in [-0.3, -0.25) is 4.79 Å². The van der Waals surface area contributed by atoms with Gasteiger partial charge in [0.25, 0.3) is 0 Å². The largest absolute Gasteiger partial charge is 0.480 e. The van der Waals surface area contributed by atoms with Crippen LogP contribution in [-0.2, 0) is 14.8 Å². The number of carboxylic acid groups (broad SMARTS) is 1. The minimum atomic E-state index is -3.78. The van der Waals surface area contributed by atoms with Crippen molar-refractivity contribution in [3.63, 3.8) is 0 Å². The number of carbonyl (C=O) groups is 1. The Labute approximate surface area is 115 Å². The van der Waals surface area contributed by atoms with Crippen LogP contribution in [0.4, 0.5) is 0 Å². The second-order valence-electron chi connectivity index (χ2n) is 3.66. The smallest absolute Gasteiger partial charge is 0.318 e. The van der Waals surface area contributed by atoms with E-state index in [0.717, 1.165) is 4.31 Å². The molecule has 1 rings (SSSR count). The minimum absolute atomic E-state index is 0.0831. The van der Waals surface area contributed by atoms with Gasteiger partial charge < -0.3 is 5.11 Å². The van der Waals surface area contributed by atoms with Crippen LogP contribution in [0.25, 0.3) is 0 Å². The highest BCUT2D eigenvalue weighted by atomic mass is 79.9. The maximum atomic E-state index is 12.3. The highest BCUT2D eigenvalue weighted by molar-refractivity contribution is 9.10.